The smallest absolute Gasteiger partial charge is 0.348 e. The minimum atomic E-state index is -0.529. The molecular formula is C18H14O3. The van der Waals surface area contributed by atoms with Gasteiger partial charge in [-0.05, 0) is 24.1 Å². The SMILES string of the molecule is Cc1ccc(C2=C(O)/C(=C/c3ccccc3)OC2=O)cc1. The molecule has 0 aromatic heterocycles. The molecule has 0 unspecified atom stereocenters. The lowest BCUT2D eigenvalue weighted by atomic mass is 10.0. The van der Waals surface area contributed by atoms with E-state index in [1.807, 2.05) is 49.4 Å². The lowest BCUT2D eigenvalue weighted by Gasteiger charge is -1.99. The van der Waals surface area contributed by atoms with E-state index in [1.54, 1.807) is 18.2 Å². The zero-order chi connectivity index (χ0) is 14.8. The van der Waals surface area contributed by atoms with Crippen LogP contribution in [0.15, 0.2) is 66.1 Å². The van der Waals surface area contributed by atoms with Gasteiger partial charge in [0.2, 0.25) is 0 Å². The number of hydrogen-bond acceptors (Lipinski definition) is 3. The summed E-state index contributed by atoms with van der Waals surface area (Å²) in [6.07, 6.45) is 1.65. The van der Waals surface area contributed by atoms with E-state index < -0.39 is 5.97 Å². The highest BCUT2D eigenvalue weighted by molar-refractivity contribution is 6.20. The first kappa shape index (κ1) is 13.2. The van der Waals surface area contributed by atoms with Crippen molar-refractivity contribution >= 4 is 17.6 Å². The van der Waals surface area contributed by atoms with Gasteiger partial charge in [0.05, 0.1) is 0 Å². The van der Waals surface area contributed by atoms with Crippen LogP contribution in [0.3, 0.4) is 0 Å². The predicted octanol–water partition coefficient (Wildman–Crippen LogP) is 3.86. The largest absolute Gasteiger partial charge is 0.504 e. The molecule has 0 saturated heterocycles. The van der Waals surface area contributed by atoms with Crippen LogP contribution in [0.25, 0.3) is 11.6 Å². The molecule has 0 saturated carbocycles. The molecule has 0 atom stereocenters. The van der Waals surface area contributed by atoms with Crippen molar-refractivity contribution in [3.8, 4) is 0 Å². The average molecular weight is 278 g/mol. The van der Waals surface area contributed by atoms with Crippen LogP contribution in [-0.2, 0) is 9.53 Å². The summed E-state index contributed by atoms with van der Waals surface area (Å²) >= 11 is 0. The maximum atomic E-state index is 12.0. The fraction of sp³-hybridized carbons (Fsp3) is 0.0556. The number of carbonyl (C=O) groups excluding carboxylic acids is 1. The lowest BCUT2D eigenvalue weighted by Crippen LogP contribution is -1.98. The number of carbonyl (C=O) groups is 1. The van der Waals surface area contributed by atoms with Crippen LogP contribution in [0.4, 0.5) is 0 Å². The Balaban J connectivity index is 2.02. The molecule has 104 valence electrons. The highest BCUT2D eigenvalue weighted by atomic mass is 16.6. The summed E-state index contributed by atoms with van der Waals surface area (Å²) in [5.41, 5.74) is 2.80. The molecule has 1 aliphatic heterocycles. The highest BCUT2D eigenvalue weighted by Gasteiger charge is 2.30. The van der Waals surface area contributed by atoms with Gasteiger partial charge in [-0.25, -0.2) is 4.79 Å². The number of aryl methyl sites for hydroxylation is 1. The van der Waals surface area contributed by atoms with Gasteiger partial charge in [0, 0.05) is 0 Å². The molecule has 1 aliphatic rings. The second kappa shape index (κ2) is 5.29. The number of ether oxygens (including phenoxy) is 1. The van der Waals surface area contributed by atoms with Crippen molar-refractivity contribution in [2.24, 2.45) is 0 Å². The molecule has 3 nitrogen and oxygen atoms in total. The van der Waals surface area contributed by atoms with E-state index in [1.165, 1.54) is 0 Å². The first-order chi connectivity index (χ1) is 10.1. The van der Waals surface area contributed by atoms with E-state index in [4.69, 9.17) is 4.74 Å². The van der Waals surface area contributed by atoms with Crippen LogP contribution >= 0.6 is 0 Å². The normalized spacial score (nSPS) is 16.4. The monoisotopic (exact) mass is 278 g/mol. The van der Waals surface area contributed by atoms with Crippen molar-refractivity contribution in [2.45, 2.75) is 6.92 Å². The van der Waals surface area contributed by atoms with E-state index >= 15 is 0 Å². The molecule has 1 heterocycles. The third-order valence-corrected chi connectivity index (χ3v) is 3.31. The Morgan fingerprint density at radius 1 is 1.00 bits per heavy atom. The molecule has 21 heavy (non-hydrogen) atoms. The average Bonchev–Trinajstić information content (AvgIpc) is 2.76. The fourth-order valence-electron chi connectivity index (χ4n) is 2.19. The number of esters is 1. The third kappa shape index (κ3) is 2.58. The molecule has 0 aliphatic carbocycles. The summed E-state index contributed by atoms with van der Waals surface area (Å²) in [6.45, 7) is 1.96. The zero-order valence-electron chi connectivity index (χ0n) is 11.5. The van der Waals surface area contributed by atoms with Gasteiger partial charge >= 0.3 is 5.97 Å². The first-order valence-corrected chi connectivity index (χ1v) is 6.65. The van der Waals surface area contributed by atoms with Gasteiger partial charge in [0.1, 0.15) is 5.57 Å². The standard InChI is InChI=1S/C18H14O3/c1-12-7-9-14(10-8-12)16-17(19)15(21-18(16)20)11-13-5-3-2-4-6-13/h2-11,19H,1H3/b15-11-. The second-order valence-electron chi connectivity index (χ2n) is 4.90. The van der Waals surface area contributed by atoms with Crippen molar-refractivity contribution in [3.63, 3.8) is 0 Å². The van der Waals surface area contributed by atoms with Gasteiger partial charge in [0.15, 0.2) is 11.5 Å². The molecule has 2 aromatic rings. The first-order valence-electron chi connectivity index (χ1n) is 6.65. The summed E-state index contributed by atoms with van der Waals surface area (Å²) in [5.74, 6) is -0.465. The van der Waals surface area contributed by atoms with Gasteiger partial charge in [-0.2, -0.15) is 0 Å². The number of aliphatic hydroxyl groups excluding tert-OH is 1. The van der Waals surface area contributed by atoms with Crippen molar-refractivity contribution in [2.75, 3.05) is 0 Å². The van der Waals surface area contributed by atoms with Crippen LogP contribution in [-0.4, -0.2) is 11.1 Å². The molecule has 0 radical (unpaired) electrons. The lowest BCUT2D eigenvalue weighted by molar-refractivity contribution is -0.131. The molecule has 0 fully saturated rings. The number of aliphatic hydroxyl groups is 1. The topological polar surface area (TPSA) is 46.5 Å². The Bertz CT molecular complexity index is 738. The van der Waals surface area contributed by atoms with E-state index in [9.17, 15) is 9.90 Å². The molecule has 3 heteroatoms. The van der Waals surface area contributed by atoms with E-state index in [0.717, 1.165) is 11.1 Å². The Labute approximate surface area is 122 Å². The minimum absolute atomic E-state index is 0.118. The Kier molecular flexibility index (Phi) is 3.32. The Hall–Kier alpha value is -2.81. The van der Waals surface area contributed by atoms with Crippen molar-refractivity contribution in [1.29, 1.82) is 0 Å². The summed E-state index contributed by atoms with van der Waals surface area (Å²) < 4.78 is 5.17. The van der Waals surface area contributed by atoms with Gasteiger partial charge in [-0.15, -0.1) is 0 Å². The molecule has 2 aromatic carbocycles. The Morgan fingerprint density at radius 3 is 2.33 bits per heavy atom. The van der Waals surface area contributed by atoms with Gasteiger partial charge in [0.25, 0.3) is 0 Å². The quantitative estimate of drug-likeness (QED) is 0.848. The van der Waals surface area contributed by atoms with E-state index in [2.05, 4.69) is 0 Å². The van der Waals surface area contributed by atoms with Crippen molar-refractivity contribution < 1.29 is 14.6 Å². The van der Waals surface area contributed by atoms with Crippen LogP contribution in [0.2, 0.25) is 0 Å². The second-order valence-corrected chi connectivity index (χ2v) is 4.90. The van der Waals surface area contributed by atoms with Gasteiger partial charge < -0.3 is 9.84 Å². The Morgan fingerprint density at radius 2 is 1.67 bits per heavy atom. The predicted molar refractivity (Wildman–Crippen MR) is 81.2 cm³/mol. The van der Waals surface area contributed by atoms with E-state index in [0.29, 0.717) is 5.56 Å². The molecule has 0 amide bonds. The molecular weight excluding hydrogens is 264 g/mol. The number of hydrogen-bond donors (Lipinski definition) is 1. The van der Waals surface area contributed by atoms with Crippen LogP contribution in [0, 0.1) is 6.92 Å². The van der Waals surface area contributed by atoms with E-state index in [-0.39, 0.29) is 17.1 Å². The molecule has 0 bridgehead atoms. The van der Waals surface area contributed by atoms with Crippen molar-refractivity contribution in [1.82, 2.24) is 0 Å². The van der Waals surface area contributed by atoms with Gasteiger partial charge in [-0.3, -0.25) is 0 Å². The number of rotatable bonds is 2. The van der Waals surface area contributed by atoms with Crippen LogP contribution in [0.5, 0.6) is 0 Å². The maximum absolute atomic E-state index is 12.0. The van der Waals surface area contributed by atoms with Crippen LogP contribution in [0.1, 0.15) is 16.7 Å². The zero-order valence-corrected chi connectivity index (χ0v) is 11.5. The highest BCUT2D eigenvalue weighted by Crippen LogP contribution is 2.32. The number of cyclic esters (lactones) is 1. The minimum Gasteiger partial charge on any atom is -0.504 e. The fourth-order valence-corrected chi connectivity index (χ4v) is 2.19. The van der Waals surface area contributed by atoms with Gasteiger partial charge in [-0.1, -0.05) is 60.2 Å². The summed E-state index contributed by atoms with van der Waals surface area (Å²) in [4.78, 5) is 12.0. The summed E-state index contributed by atoms with van der Waals surface area (Å²) in [7, 11) is 0. The molecule has 0 spiro atoms. The van der Waals surface area contributed by atoms with Crippen LogP contribution < -0.4 is 0 Å². The third-order valence-electron chi connectivity index (χ3n) is 3.31. The molecule has 1 N–H and O–H groups in total. The molecule has 3 rings (SSSR count). The summed E-state index contributed by atoms with van der Waals surface area (Å²) in [5, 5.41) is 10.3. The maximum Gasteiger partial charge on any atom is 0.348 e. The van der Waals surface area contributed by atoms with Crippen molar-refractivity contribution in [3.05, 3.63) is 82.8 Å². The number of benzene rings is 2. The summed E-state index contributed by atoms with van der Waals surface area (Å²) in [6, 6.07) is 16.8.